The SMILES string of the molecule is Cc1n[nH]c(C)c1C(=O)Nc1cccc(-c2cnco2)c1. The number of anilines is 1. The van der Waals surface area contributed by atoms with Crippen molar-refractivity contribution < 1.29 is 9.21 Å². The molecule has 2 N–H and O–H groups in total. The topological polar surface area (TPSA) is 83.8 Å². The number of aromatic amines is 1. The van der Waals surface area contributed by atoms with Crippen molar-refractivity contribution in [1.29, 1.82) is 0 Å². The number of rotatable bonds is 3. The summed E-state index contributed by atoms with van der Waals surface area (Å²) < 4.78 is 5.25. The Kier molecular flexibility index (Phi) is 3.27. The van der Waals surface area contributed by atoms with Gasteiger partial charge in [0.15, 0.2) is 12.2 Å². The van der Waals surface area contributed by atoms with Gasteiger partial charge in [-0.25, -0.2) is 4.98 Å². The van der Waals surface area contributed by atoms with Crippen LogP contribution in [0, 0.1) is 13.8 Å². The van der Waals surface area contributed by atoms with Crippen molar-refractivity contribution in [2.45, 2.75) is 13.8 Å². The van der Waals surface area contributed by atoms with E-state index in [4.69, 9.17) is 4.42 Å². The Labute approximate surface area is 121 Å². The smallest absolute Gasteiger partial charge is 0.259 e. The summed E-state index contributed by atoms with van der Waals surface area (Å²) >= 11 is 0. The number of aryl methyl sites for hydroxylation is 2. The van der Waals surface area contributed by atoms with Crippen LogP contribution >= 0.6 is 0 Å². The van der Waals surface area contributed by atoms with E-state index in [1.54, 1.807) is 13.1 Å². The molecular formula is C15H14N4O2. The summed E-state index contributed by atoms with van der Waals surface area (Å²) in [5.74, 6) is 0.468. The zero-order chi connectivity index (χ0) is 14.8. The fraction of sp³-hybridized carbons (Fsp3) is 0.133. The van der Waals surface area contributed by atoms with E-state index in [9.17, 15) is 4.79 Å². The number of amides is 1. The van der Waals surface area contributed by atoms with Gasteiger partial charge >= 0.3 is 0 Å². The monoisotopic (exact) mass is 282 g/mol. The Hall–Kier alpha value is -2.89. The lowest BCUT2D eigenvalue weighted by atomic mass is 10.1. The first kappa shape index (κ1) is 13.1. The number of benzene rings is 1. The number of aromatic nitrogens is 3. The molecule has 0 saturated heterocycles. The highest BCUT2D eigenvalue weighted by Gasteiger charge is 2.15. The Balaban J connectivity index is 1.86. The molecule has 0 saturated carbocycles. The molecule has 0 unspecified atom stereocenters. The largest absolute Gasteiger partial charge is 0.444 e. The first-order valence-electron chi connectivity index (χ1n) is 6.47. The van der Waals surface area contributed by atoms with Crippen LogP contribution in [0.25, 0.3) is 11.3 Å². The molecule has 2 aromatic heterocycles. The van der Waals surface area contributed by atoms with Crippen LogP contribution in [0.1, 0.15) is 21.7 Å². The van der Waals surface area contributed by atoms with Gasteiger partial charge in [-0.2, -0.15) is 5.10 Å². The van der Waals surface area contributed by atoms with Gasteiger partial charge in [-0.15, -0.1) is 0 Å². The number of oxazole rings is 1. The maximum Gasteiger partial charge on any atom is 0.259 e. The van der Waals surface area contributed by atoms with Gasteiger partial charge in [0, 0.05) is 16.9 Å². The molecule has 0 spiro atoms. The minimum atomic E-state index is -0.187. The Morgan fingerprint density at radius 2 is 2.19 bits per heavy atom. The van der Waals surface area contributed by atoms with Gasteiger partial charge in [0.25, 0.3) is 5.91 Å². The minimum absolute atomic E-state index is 0.187. The first-order valence-corrected chi connectivity index (χ1v) is 6.47. The predicted molar refractivity (Wildman–Crippen MR) is 78.0 cm³/mol. The van der Waals surface area contributed by atoms with Gasteiger partial charge in [-0.05, 0) is 26.0 Å². The fourth-order valence-electron chi connectivity index (χ4n) is 2.19. The average molecular weight is 282 g/mol. The maximum absolute atomic E-state index is 12.3. The van der Waals surface area contributed by atoms with Gasteiger partial charge in [0.1, 0.15) is 0 Å². The lowest BCUT2D eigenvalue weighted by molar-refractivity contribution is 0.102. The summed E-state index contributed by atoms with van der Waals surface area (Å²) in [6, 6.07) is 7.40. The number of nitrogens with one attached hydrogen (secondary N) is 2. The van der Waals surface area contributed by atoms with Gasteiger partial charge in [-0.3, -0.25) is 9.89 Å². The van der Waals surface area contributed by atoms with E-state index in [1.165, 1.54) is 6.39 Å². The number of carbonyl (C=O) groups excluding carboxylic acids is 1. The van der Waals surface area contributed by atoms with Crippen molar-refractivity contribution in [2.75, 3.05) is 5.32 Å². The highest BCUT2D eigenvalue weighted by atomic mass is 16.3. The van der Waals surface area contributed by atoms with Crippen LogP contribution in [-0.2, 0) is 0 Å². The van der Waals surface area contributed by atoms with Gasteiger partial charge in [-0.1, -0.05) is 12.1 Å². The highest BCUT2D eigenvalue weighted by molar-refractivity contribution is 6.06. The third-order valence-corrected chi connectivity index (χ3v) is 3.19. The van der Waals surface area contributed by atoms with E-state index >= 15 is 0 Å². The van der Waals surface area contributed by atoms with Crippen LogP contribution in [-0.4, -0.2) is 21.1 Å². The molecule has 6 heteroatoms. The van der Waals surface area contributed by atoms with Crippen molar-refractivity contribution >= 4 is 11.6 Å². The van der Waals surface area contributed by atoms with Crippen LogP contribution < -0.4 is 5.32 Å². The predicted octanol–water partition coefficient (Wildman–Crippen LogP) is 2.93. The van der Waals surface area contributed by atoms with E-state index in [2.05, 4.69) is 20.5 Å². The van der Waals surface area contributed by atoms with Gasteiger partial charge < -0.3 is 9.73 Å². The second kappa shape index (κ2) is 5.24. The standard InChI is InChI=1S/C15H14N4O2/c1-9-14(10(2)19-18-9)15(20)17-12-5-3-4-11(6-12)13-7-16-8-21-13/h3-8H,1-2H3,(H,17,20)(H,18,19). The Bertz CT molecular complexity index is 755. The molecule has 0 fully saturated rings. The van der Waals surface area contributed by atoms with Gasteiger partial charge in [0.05, 0.1) is 17.5 Å². The number of hydrogen-bond acceptors (Lipinski definition) is 4. The molecule has 1 amide bonds. The summed E-state index contributed by atoms with van der Waals surface area (Å²) in [5.41, 5.74) is 3.53. The highest BCUT2D eigenvalue weighted by Crippen LogP contribution is 2.22. The van der Waals surface area contributed by atoms with Crippen LogP contribution in [0.5, 0.6) is 0 Å². The molecule has 2 heterocycles. The molecule has 0 aliphatic rings. The zero-order valence-electron chi connectivity index (χ0n) is 11.7. The molecule has 6 nitrogen and oxygen atoms in total. The number of hydrogen-bond donors (Lipinski definition) is 2. The summed E-state index contributed by atoms with van der Waals surface area (Å²) in [6.07, 6.45) is 3.00. The second-order valence-electron chi connectivity index (χ2n) is 4.71. The van der Waals surface area contributed by atoms with E-state index in [0.717, 1.165) is 11.3 Å². The number of carbonyl (C=O) groups is 1. The summed E-state index contributed by atoms with van der Waals surface area (Å²) in [5, 5.41) is 9.70. The van der Waals surface area contributed by atoms with Crippen molar-refractivity contribution in [3.8, 4) is 11.3 Å². The van der Waals surface area contributed by atoms with E-state index in [1.807, 2.05) is 31.2 Å². The van der Waals surface area contributed by atoms with Crippen molar-refractivity contribution in [3.05, 3.63) is 53.8 Å². The molecule has 0 radical (unpaired) electrons. The molecule has 0 bridgehead atoms. The van der Waals surface area contributed by atoms with Gasteiger partial charge in [0.2, 0.25) is 0 Å². The third-order valence-electron chi connectivity index (χ3n) is 3.19. The van der Waals surface area contributed by atoms with Crippen LogP contribution in [0.4, 0.5) is 5.69 Å². The Morgan fingerprint density at radius 1 is 1.33 bits per heavy atom. The molecule has 3 aromatic rings. The Morgan fingerprint density at radius 3 is 2.86 bits per heavy atom. The lowest BCUT2D eigenvalue weighted by Gasteiger charge is -2.06. The average Bonchev–Trinajstić information content (AvgIpc) is 3.09. The van der Waals surface area contributed by atoms with E-state index < -0.39 is 0 Å². The van der Waals surface area contributed by atoms with Crippen LogP contribution in [0.15, 0.2) is 41.3 Å². The molecule has 0 atom stereocenters. The molecule has 3 rings (SSSR count). The van der Waals surface area contributed by atoms with Crippen molar-refractivity contribution in [2.24, 2.45) is 0 Å². The third kappa shape index (κ3) is 2.55. The van der Waals surface area contributed by atoms with Crippen LogP contribution in [0.2, 0.25) is 0 Å². The summed E-state index contributed by atoms with van der Waals surface area (Å²) in [6.45, 7) is 3.61. The first-order chi connectivity index (χ1) is 10.1. The van der Waals surface area contributed by atoms with E-state index in [0.29, 0.717) is 22.7 Å². The second-order valence-corrected chi connectivity index (χ2v) is 4.71. The fourth-order valence-corrected chi connectivity index (χ4v) is 2.19. The van der Waals surface area contributed by atoms with Crippen molar-refractivity contribution in [1.82, 2.24) is 15.2 Å². The molecule has 0 aliphatic carbocycles. The molecule has 106 valence electrons. The summed E-state index contributed by atoms with van der Waals surface area (Å²) in [7, 11) is 0. The quantitative estimate of drug-likeness (QED) is 0.773. The molecule has 21 heavy (non-hydrogen) atoms. The normalized spacial score (nSPS) is 10.6. The van der Waals surface area contributed by atoms with Crippen molar-refractivity contribution in [3.63, 3.8) is 0 Å². The zero-order valence-corrected chi connectivity index (χ0v) is 11.7. The number of H-pyrrole nitrogens is 1. The van der Waals surface area contributed by atoms with Crippen LogP contribution in [0.3, 0.4) is 0 Å². The van der Waals surface area contributed by atoms with E-state index in [-0.39, 0.29) is 5.91 Å². The maximum atomic E-state index is 12.3. The minimum Gasteiger partial charge on any atom is -0.444 e. The summed E-state index contributed by atoms with van der Waals surface area (Å²) in [4.78, 5) is 16.2. The number of nitrogens with zero attached hydrogens (tertiary/aromatic N) is 2. The molecule has 0 aliphatic heterocycles. The molecule has 1 aromatic carbocycles. The molecular weight excluding hydrogens is 268 g/mol. The lowest BCUT2D eigenvalue weighted by Crippen LogP contribution is -2.13.